The van der Waals surface area contributed by atoms with Crippen molar-refractivity contribution in [2.75, 3.05) is 13.7 Å². The highest BCUT2D eigenvalue weighted by Gasteiger charge is 2.24. The summed E-state index contributed by atoms with van der Waals surface area (Å²) in [5.74, 6) is 1.25. The molecule has 3 aromatic carbocycles. The third-order valence-corrected chi connectivity index (χ3v) is 6.37. The Morgan fingerprint density at radius 2 is 1.83 bits per heavy atom. The van der Waals surface area contributed by atoms with E-state index in [-0.39, 0.29) is 18.3 Å². The molecule has 1 heterocycles. The summed E-state index contributed by atoms with van der Waals surface area (Å²) in [6, 6.07) is 17.1. The first-order valence-electron chi connectivity index (χ1n) is 10.7. The van der Waals surface area contributed by atoms with Crippen LogP contribution in [0.25, 0.3) is 6.08 Å². The molecule has 1 saturated heterocycles. The minimum absolute atomic E-state index is 0.230. The number of halogens is 2. The van der Waals surface area contributed by atoms with E-state index in [9.17, 15) is 9.18 Å². The van der Waals surface area contributed by atoms with Crippen LogP contribution in [0.3, 0.4) is 0 Å². The SMILES string of the molecule is CCOc1ccc(N=C2NC(=O)/C(=C\c3cc(Br)c(OCc4ccc(F)cc4)c(OC)c3)S2)cc1. The summed E-state index contributed by atoms with van der Waals surface area (Å²) in [4.78, 5) is 17.5. The number of nitrogens with one attached hydrogen (secondary N) is 1. The topological polar surface area (TPSA) is 69.2 Å². The summed E-state index contributed by atoms with van der Waals surface area (Å²) < 4.78 is 30.7. The number of nitrogens with zero attached hydrogens (tertiary/aromatic N) is 1. The van der Waals surface area contributed by atoms with Gasteiger partial charge in [0.15, 0.2) is 16.7 Å². The number of thioether (sulfide) groups is 1. The van der Waals surface area contributed by atoms with Crippen molar-refractivity contribution in [1.82, 2.24) is 5.32 Å². The molecule has 0 aliphatic carbocycles. The van der Waals surface area contributed by atoms with Crippen LogP contribution in [0.15, 0.2) is 75.0 Å². The van der Waals surface area contributed by atoms with E-state index < -0.39 is 0 Å². The average molecular weight is 557 g/mol. The zero-order chi connectivity index (χ0) is 24.8. The second-order valence-electron chi connectivity index (χ2n) is 7.36. The Bertz CT molecular complexity index is 1280. The van der Waals surface area contributed by atoms with Gasteiger partial charge in [-0.1, -0.05) is 12.1 Å². The van der Waals surface area contributed by atoms with Gasteiger partial charge in [0.25, 0.3) is 5.91 Å². The van der Waals surface area contributed by atoms with Gasteiger partial charge in [-0.3, -0.25) is 4.79 Å². The number of ether oxygens (including phenoxy) is 3. The van der Waals surface area contributed by atoms with Crippen LogP contribution in [0.4, 0.5) is 10.1 Å². The predicted octanol–water partition coefficient (Wildman–Crippen LogP) is 6.47. The Hall–Kier alpha value is -3.30. The maximum atomic E-state index is 13.1. The van der Waals surface area contributed by atoms with Crippen LogP contribution >= 0.6 is 27.7 Å². The lowest BCUT2D eigenvalue weighted by Crippen LogP contribution is -2.19. The van der Waals surface area contributed by atoms with E-state index in [1.165, 1.54) is 23.9 Å². The molecule has 0 spiro atoms. The second kappa shape index (κ2) is 11.4. The average Bonchev–Trinajstić information content (AvgIpc) is 3.18. The normalized spacial score (nSPS) is 15.4. The summed E-state index contributed by atoms with van der Waals surface area (Å²) in [7, 11) is 1.54. The number of rotatable bonds is 8. The fraction of sp³-hybridized carbons (Fsp3) is 0.154. The Balaban J connectivity index is 1.49. The third-order valence-electron chi connectivity index (χ3n) is 4.88. The quantitative estimate of drug-likeness (QED) is 0.322. The van der Waals surface area contributed by atoms with Crippen molar-refractivity contribution in [2.45, 2.75) is 13.5 Å². The lowest BCUT2D eigenvalue weighted by Gasteiger charge is -2.14. The summed E-state index contributed by atoms with van der Waals surface area (Å²) in [6.07, 6.45) is 1.76. The first-order chi connectivity index (χ1) is 16.9. The largest absolute Gasteiger partial charge is 0.494 e. The number of hydrogen-bond acceptors (Lipinski definition) is 6. The molecule has 1 aliphatic rings. The summed E-state index contributed by atoms with van der Waals surface area (Å²) in [6.45, 7) is 2.77. The molecule has 6 nitrogen and oxygen atoms in total. The minimum Gasteiger partial charge on any atom is -0.494 e. The standard InChI is InChI=1S/C26H22BrFN2O4S/c1-3-33-20-10-8-19(9-11-20)29-26-30-25(31)23(35-26)14-17-12-21(27)24(22(13-17)32-2)34-15-16-4-6-18(28)7-5-16/h4-14H,3,15H2,1-2H3,(H,29,30,31)/b23-14+. The molecule has 35 heavy (non-hydrogen) atoms. The molecule has 0 saturated carbocycles. The molecule has 180 valence electrons. The first kappa shape index (κ1) is 24.8. The predicted molar refractivity (Wildman–Crippen MR) is 140 cm³/mol. The van der Waals surface area contributed by atoms with E-state index >= 15 is 0 Å². The van der Waals surface area contributed by atoms with Crippen LogP contribution in [0.5, 0.6) is 17.2 Å². The summed E-state index contributed by atoms with van der Waals surface area (Å²) in [5.41, 5.74) is 2.29. The fourth-order valence-corrected chi connectivity index (χ4v) is 4.65. The molecule has 0 radical (unpaired) electrons. The monoisotopic (exact) mass is 556 g/mol. The van der Waals surface area contributed by atoms with Crippen molar-refractivity contribution in [3.8, 4) is 17.2 Å². The molecule has 0 aromatic heterocycles. The molecule has 1 aliphatic heterocycles. The highest BCUT2D eigenvalue weighted by Crippen LogP contribution is 2.39. The second-order valence-corrected chi connectivity index (χ2v) is 9.24. The van der Waals surface area contributed by atoms with Crippen LogP contribution in [0.2, 0.25) is 0 Å². The smallest absolute Gasteiger partial charge is 0.264 e. The molecular weight excluding hydrogens is 535 g/mol. The van der Waals surface area contributed by atoms with Crippen LogP contribution in [0, 0.1) is 5.82 Å². The molecule has 0 atom stereocenters. The molecule has 3 aromatic rings. The number of hydrogen-bond donors (Lipinski definition) is 1. The van der Waals surface area contributed by atoms with E-state index in [1.807, 2.05) is 37.3 Å². The third kappa shape index (κ3) is 6.43. The number of methoxy groups -OCH3 is 1. The van der Waals surface area contributed by atoms with Gasteiger partial charge >= 0.3 is 0 Å². The number of aliphatic imine (C=N–C) groups is 1. The van der Waals surface area contributed by atoms with Crippen molar-refractivity contribution in [2.24, 2.45) is 4.99 Å². The van der Waals surface area contributed by atoms with Gasteiger partial charge in [-0.2, -0.15) is 0 Å². The van der Waals surface area contributed by atoms with Crippen LogP contribution in [-0.4, -0.2) is 24.8 Å². The summed E-state index contributed by atoms with van der Waals surface area (Å²) in [5, 5.41) is 3.29. The van der Waals surface area contributed by atoms with Gasteiger partial charge in [-0.15, -0.1) is 0 Å². The van der Waals surface area contributed by atoms with Gasteiger partial charge in [-0.25, -0.2) is 9.38 Å². The van der Waals surface area contributed by atoms with E-state index in [4.69, 9.17) is 14.2 Å². The van der Waals surface area contributed by atoms with Crippen LogP contribution in [0.1, 0.15) is 18.1 Å². The molecule has 0 unspecified atom stereocenters. The highest BCUT2D eigenvalue weighted by atomic mass is 79.9. The molecule has 1 amide bonds. The Morgan fingerprint density at radius 1 is 1.09 bits per heavy atom. The molecule has 1 fully saturated rings. The Kier molecular flexibility index (Phi) is 8.09. The van der Waals surface area contributed by atoms with Gasteiger partial charge in [0, 0.05) is 0 Å². The molecule has 9 heteroatoms. The fourth-order valence-electron chi connectivity index (χ4n) is 3.23. The van der Waals surface area contributed by atoms with E-state index in [0.717, 1.165) is 16.9 Å². The molecule has 1 N–H and O–H groups in total. The van der Waals surface area contributed by atoms with Gasteiger partial charge in [-0.05, 0) is 100 Å². The summed E-state index contributed by atoms with van der Waals surface area (Å²) >= 11 is 4.78. The van der Waals surface area contributed by atoms with Gasteiger partial charge in [0.05, 0.1) is 28.8 Å². The van der Waals surface area contributed by atoms with Gasteiger partial charge in [0.1, 0.15) is 18.2 Å². The molecule has 4 rings (SSSR count). The molecular formula is C26H22BrFN2O4S. The van der Waals surface area contributed by atoms with Crippen molar-refractivity contribution in [1.29, 1.82) is 0 Å². The van der Waals surface area contributed by atoms with Crippen LogP contribution < -0.4 is 19.5 Å². The lowest BCUT2D eigenvalue weighted by molar-refractivity contribution is -0.115. The number of amides is 1. The number of carbonyl (C=O) groups is 1. The van der Waals surface area contributed by atoms with Gasteiger partial charge in [0.2, 0.25) is 0 Å². The maximum Gasteiger partial charge on any atom is 0.264 e. The number of carbonyl (C=O) groups excluding carboxylic acids is 1. The number of amidine groups is 1. The van der Waals surface area contributed by atoms with Crippen molar-refractivity contribution in [3.63, 3.8) is 0 Å². The number of benzene rings is 3. The van der Waals surface area contributed by atoms with E-state index in [0.29, 0.717) is 38.3 Å². The first-order valence-corrected chi connectivity index (χ1v) is 12.3. The maximum absolute atomic E-state index is 13.1. The van der Waals surface area contributed by atoms with Gasteiger partial charge < -0.3 is 19.5 Å². The lowest BCUT2D eigenvalue weighted by atomic mass is 10.2. The van der Waals surface area contributed by atoms with Crippen LogP contribution in [-0.2, 0) is 11.4 Å². The van der Waals surface area contributed by atoms with Crippen molar-refractivity contribution < 1.29 is 23.4 Å². The van der Waals surface area contributed by atoms with E-state index in [2.05, 4.69) is 26.2 Å². The minimum atomic E-state index is -0.300. The van der Waals surface area contributed by atoms with Crippen molar-refractivity contribution in [3.05, 3.63) is 87.0 Å². The Labute approximate surface area is 215 Å². The highest BCUT2D eigenvalue weighted by molar-refractivity contribution is 9.10. The zero-order valence-electron chi connectivity index (χ0n) is 19.0. The Morgan fingerprint density at radius 3 is 2.51 bits per heavy atom. The van der Waals surface area contributed by atoms with E-state index in [1.54, 1.807) is 31.4 Å². The molecule has 0 bridgehead atoms. The zero-order valence-corrected chi connectivity index (χ0v) is 21.4. The van der Waals surface area contributed by atoms with Crippen molar-refractivity contribution >= 4 is 50.5 Å².